The van der Waals surface area contributed by atoms with E-state index in [0.717, 1.165) is 30.6 Å². The number of benzene rings is 1. The van der Waals surface area contributed by atoms with Crippen molar-refractivity contribution < 1.29 is 9.53 Å². The number of methoxy groups -OCH3 is 1. The second kappa shape index (κ2) is 5.87. The number of hydrogen-bond donors (Lipinski definition) is 2. The van der Waals surface area contributed by atoms with Gasteiger partial charge in [-0.15, -0.1) is 0 Å². The van der Waals surface area contributed by atoms with E-state index in [1.165, 1.54) is 5.56 Å². The largest absolute Gasteiger partial charge is 0.384 e. The summed E-state index contributed by atoms with van der Waals surface area (Å²) in [6, 6.07) is 5.90. The Morgan fingerprint density at radius 3 is 3.11 bits per heavy atom. The van der Waals surface area contributed by atoms with Crippen molar-refractivity contribution >= 4 is 11.6 Å². The second-order valence-electron chi connectivity index (χ2n) is 4.58. The van der Waals surface area contributed by atoms with Crippen LogP contribution in [-0.2, 0) is 11.2 Å². The lowest BCUT2D eigenvalue weighted by Gasteiger charge is -2.16. The highest BCUT2D eigenvalue weighted by molar-refractivity contribution is 5.95. The zero-order chi connectivity index (χ0) is 13.0. The van der Waals surface area contributed by atoms with Gasteiger partial charge in [-0.1, -0.05) is 6.92 Å². The highest BCUT2D eigenvalue weighted by Crippen LogP contribution is 2.22. The van der Waals surface area contributed by atoms with Gasteiger partial charge in [0.1, 0.15) is 0 Å². The molecular formula is C14H20N2O2. The molecule has 1 aromatic rings. The van der Waals surface area contributed by atoms with Gasteiger partial charge < -0.3 is 15.4 Å². The fourth-order valence-corrected chi connectivity index (χ4v) is 2.18. The minimum absolute atomic E-state index is 0.0198. The Labute approximate surface area is 108 Å². The zero-order valence-electron chi connectivity index (χ0n) is 11.0. The Morgan fingerprint density at radius 2 is 2.39 bits per heavy atom. The quantitative estimate of drug-likeness (QED) is 0.835. The van der Waals surface area contributed by atoms with E-state index < -0.39 is 0 Å². The van der Waals surface area contributed by atoms with Crippen molar-refractivity contribution in [2.75, 3.05) is 25.6 Å². The minimum atomic E-state index is -0.0198. The van der Waals surface area contributed by atoms with Crippen LogP contribution in [0.3, 0.4) is 0 Å². The second-order valence-corrected chi connectivity index (χ2v) is 4.58. The fraction of sp³-hybridized carbons (Fsp3) is 0.500. The number of rotatable bonds is 5. The number of anilines is 1. The topological polar surface area (TPSA) is 50.4 Å². The molecule has 1 unspecified atom stereocenters. The fourth-order valence-electron chi connectivity index (χ4n) is 2.18. The lowest BCUT2D eigenvalue weighted by Crippen LogP contribution is -2.37. The number of fused-ring (bicyclic) bond motifs is 1. The smallest absolute Gasteiger partial charge is 0.251 e. The summed E-state index contributed by atoms with van der Waals surface area (Å²) < 4.78 is 5.08. The van der Waals surface area contributed by atoms with Crippen LogP contribution in [-0.4, -0.2) is 32.2 Å². The van der Waals surface area contributed by atoms with Gasteiger partial charge in [0.25, 0.3) is 5.91 Å². The summed E-state index contributed by atoms with van der Waals surface area (Å²) in [7, 11) is 1.65. The molecule has 1 atom stereocenters. The standard InChI is InChI=1S/C14H20N2O2/c1-3-12(9-18-2)16-14(17)11-4-5-13-10(8-11)6-7-15-13/h4-5,8,12,15H,3,6-7,9H2,1-2H3,(H,16,17). The van der Waals surface area contributed by atoms with Gasteiger partial charge in [-0.05, 0) is 36.6 Å². The van der Waals surface area contributed by atoms with Crippen LogP contribution in [0.15, 0.2) is 18.2 Å². The van der Waals surface area contributed by atoms with Gasteiger partial charge in [-0.2, -0.15) is 0 Å². The van der Waals surface area contributed by atoms with Crippen molar-refractivity contribution in [1.82, 2.24) is 5.32 Å². The van der Waals surface area contributed by atoms with Gasteiger partial charge in [0.05, 0.1) is 12.6 Å². The van der Waals surface area contributed by atoms with Gasteiger partial charge in [0, 0.05) is 24.9 Å². The normalized spacial score (nSPS) is 14.8. The summed E-state index contributed by atoms with van der Waals surface area (Å²) in [5, 5.41) is 6.28. The van der Waals surface area contributed by atoms with E-state index in [1.807, 2.05) is 25.1 Å². The first-order chi connectivity index (χ1) is 8.74. The molecule has 4 nitrogen and oxygen atoms in total. The average molecular weight is 248 g/mol. The van der Waals surface area contributed by atoms with Crippen LogP contribution in [0, 0.1) is 0 Å². The molecule has 1 aliphatic rings. The molecule has 0 aliphatic carbocycles. The molecule has 0 saturated carbocycles. The number of amides is 1. The Kier molecular flexibility index (Phi) is 4.20. The third-order valence-electron chi connectivity index (χ3n) is 3.27. The number of carbonyl (C=O) groups excluding carboxylic acids is 1. The molecule has 4 heteroatoms. The molecule has 98 valence electrons. The maximum absolute atomic E-state index is 12.1. The summed E-state index contributed by atoms with van der Waals surface area (Å²) in [5.74, 6) is -0.0198. The molecule has 1 aliphatic heterocycles. The van der Waals surface area contributed by atoms with E-state index >= 15 is 0 Å². The van der Waals surface area contributed by atoms with Gasteiger partial charge in [-0.3, -0.25) is 4.79 Å². The Morgan fingerprint density at radius 1 is 1.56 bits per heavy atom. The van der Waals surface area contributed by atoms with Crippen LogP contribution in [0.2, 0.25) is 0 Å². The lowest BCUT2D eigenvalue weighted by atomic mass is 10.1. The van der Waals surface area contributed by atoms with E-state index in [4.69, 9.17) is 4.74 Å². The molecule has 0 saturated heterocycles. The van der Waals surface area contributed by atoms with E-state index in [1.54, 1.807) is 7.11 Å². The summed E-state index contributed by atoms with van der Waals surface area (Å²) in [6.45, 7) is 3.55. The molecule has 0 fully saturated rings. The Bertz CT molecular complexity index is 432. The molecule has 1 amide bonds. The summed E-state index contributed by atoms with van der Waals surface area (Å²) in [5.41, 5.74) is 3.10. The van der Waals surface area contributed by atoms with E-state index in [0.29, 0.717) is 6.61 Å². The van der Waals surface area contributed by atoms with Crippen molar-refractivity contribution in [2.24, 2.45) is 0 Å². The SMILES string of the molecule is CCC(COC)NC(=O)c1ccc2c(c1)CCN2. The number of hydrogen-bond acceptors (Lipinski definition) is 3. The molecule has 0 aromatic heterocycles. The minimum Gasteiger partial charge on any atom is -0.384 e. The van der Waals surface area contributed by atoms with Crippen molar-refractivity contribution in [1.29, 1.82) is 0 Å². The highest BCUT2D eigenvalue weighted by Gasteiger charge is 2.15. The molecule has 18 heavy (non-hydrogen) atoms. The first kappa shape index (κ1) is 12.9. The summed E-state index contributed by atoms with van der Waals surface area (Å²) in [4.78, 5) is 12.1. The molecule has 2 N–H and O–H groups in total. The van der Waals surface area contributed by atoms with Crippen LogP contribution in [0.25, 0.3) is 0 Å². The molecular weight excluding hydrogens is 228 g/mol. The number of nitrogens with one attached hydrogen (secondary N) is 2. The van der Waals surface area contributed by atoms with Gasteiger partial charge in [-0.25, -0.2) is 0 Å². The van der Waals surface area contributed by atoms with E-state index in [9.17, 15) is 4.79 Å². The van der Waals surface area contributed by atoms with Crippen molar-refractivity contribution in [3.05, 3.63) is 29.3 Å². The van der Waals surface area contributed by atoms with Crippen LogP contribution in [0.4, 0.5) is 5.69 Å². The van der Waals surface area contributed by atoms with E-state index in [2.05, 4.69) is 10.6 Å². The Hall–Kier alpha value is -1.55. The van der Waals surface area contributed by atoms with Crippen molar-refractivity contribution in [3.8, 4) is 0 Å². The summed E-state index contributed by atoms with van der Waals surface area (Å²) in [6.07, 6.45) is 1.86. The third-order valence-corrected chi connectivity index (χ3v) is 3.27. The van der Waals surface area contributed by atoms with Crippen LogP contribution in [0.5, 0.6) is 0 Å². The van der Waals surface area contributed by atoms with E-state index in [-0.39, 0.29) is 11.9 Å². The third kappa shape index (κ3) is 2.82. The van der Waals surface area contributed by atoms with Gasteiger partial charge >= 0.3 is 0 Å². The first-order valence-corrected chi connectivity index (χ1v) is 6.41. The Balaban J connectivity index is 2.04. The van der Waals surface area contributed by atoms with Crippen LogP contribution in [0.1, 0.15) is 29.3 Å². The number of ether oxygens (including phenoxy) is 1. The van der Waals surface area contributed by atoms with Gasteiger partial charge in [0.2, 0.25) is 0 Å². The monoisotopic (exact) mass is 248 g/mol. The molecule has 0 bridgehead atoms. The number of carbonyl (C=O) groups is 1. The first-order valence-electron chi connectivity index (χ1n) is 6.41. The van der Waals surface area contributed by atoms with Crippen molar-refractivity contribution in [3.63, 3.8) is 0 Å². The summed E-state index contributed by atoms with van der Waals surface area (Å²) >= 11 is 0. The van der Waals surface area contributed by atoms with Crippen LogP contribution >= 0.6 is 0 Å². The molecule has 0 radical (unpaired) electrons. The highest BCUT2D eigenvalue weighted by atomic mass is 16.5. The maximum atomic E-state index is 12.1. The molecule has 0 spiro atoms. The molecule has 1 heterocycles. The zero-order valence-corrected chi connectivity index (χ0v) is 11.0. The van der Waals surface area contributed by atoms with Crippen molar-refractivity contribution in [2.45, 2.75) is 25.8 Å². The predicted molar refractivity (Wildman–Crippen MR) is 72.1 cm³/mol. The maximum Gasteiger partial charge on any atom is 0.251 e. The molecule has 2 rings (SSSR count). The molecule has 1 aromatic carbocycles. The van der Waals surface area contributed by atoms with Crippen LogP contribution < -0.4 is 10.6 Å². The average Bonchev–Trinajstić information content (AvgIpc) is 2.85. The lowest BCUT2D eigenvalue weighted by molar-refractivity contribution is 0.0894. The van der Waals surface area contributed by atoms with Gasteiger partial charge in [0.15, 0.2) is 0 Å². The predicted octanol–water partition coefficient (Wildman–Crippen LogP) is 1.81.